The molecule has 1 saturated carbocycles. The van der Waals surface area contributed by atoms with Gasteiger partial charge in [0, 0.05) is 11.1 Å². The Morgan fingerprint density at radius 1 is 0.903 bits per heavy atom. The van der Waals surface area contributed by atoms with Crippen LogP contribution in [0.15, 0.2) is 59.7 Å². The molecule has 31 heavy (non-hydrogen) atoms. The fraction of sp³-hybridized carbons (Fsp3) is 0.250. The van der Waals surface area contributed by atoms with E-state index in [0.29, 0.717) is 27.2 Å². The molecular formula is C24H20ClN5O. The molecule has 6 rings (SSSR count). The Morgan fingerprint density at radius 3 is 2.45 bits per heavy atom. The van der Waals surface area contributed by atoms with Crippen molar-refractivity contribution >= 4 is 44.8 Å². The molecule has 3 aromatic heterocycles. The van der Waals surface area contributed by atoms with Crippen molar-refractivity contribution in [2.45, 2.75) is 38.1 Å². The average Bonchev–Trinajstić information content (AvgIpc) is 3.12. The molecular weight excluding hydrogens is 410 g/mol. The number of fused-ring (bicyclic) bond motifs is 4. The lowest BCUT2D eigenvalue weighted by Gasteiger charge is -2.23. The van der Waals surface area contributed by atoms with Crippen LogP contribution in [-0.4, -0.2) is 24.1 Å². The molecule has 0 saturated heterocycles. The molecule has 0 aliphatic heterocycles. The standard InChI is InChI=1S/C24H20ClN5O/c25-15-7-6-10-17(13-15)30-22-20(21-23(30)28-19-12-5-4-11-18(19)27-21)24(31)29(14-26-22)16-8-2-1-3-9-16/h4-7,10-14,16H,1-3,8-9H2. The summed E-state index contributed by atoms with van der Waals surface area (Å²) in [5, 5.41) is 1.12. The Hall–Kier alpha value is -3.25. The molecule has 0 unspecified atom stereocenters. The van der Waals surface area contributed by atoms with E-state index in [-0.39, 0.29) is 11.6 Å². The summed E-state index contributed by atoms with van der Waals surface area (Å²) in [4.78, 5) is 28.2. The average molecular weight is 430 g/mol. The van der Waals surface area contributed by atoms with E-state index >= 15 is 0 Å². The maximum absolute atomic E-state index is 13.7. The number of benzene rings is 2. The maximum Gasteiger partial charge on any atom is 0.265 e. The molecule has 0 bridgehead atoms. The van der Waals surface area contributed by atoms with E-state index < -0.39 is 0 Å². The van der Waals surface area contributed by atoms with E-state index in [0.717, 1.165) is 42.4 Å². The van der Waals surface area contributed by atoms with Gasteiger partial charge in [-0.2, -0.15) is 0 Å². The van der Waals surface area contributed by atoms with Gasteiger partial charge >= 0.3 is 0 Å². The number of hydrogen-bond donors (Lipinski definition) is 0. The van der Waals surface area contributed by atoms with Gasteiger partial charge in [0.2, 0.25) is 0 Å². The lowest BCUT2D eigenvalue weighted by molar-refractivity contribution is 0.345. The van der Waals surface area contributed by atoms with Crippen LogP contribution in [0.1, 0.15) is 38.1 Å². The minimum absolute atomic E-state index is 0.0488. The summed E-state index contributed by atoms with van der Waals surface area (Å²) in [6.07, 6.45) is 7.23. The summed E-state index contributed by atoms with van der Waals surface area (Å²) in [6, 6.07) is 15.4. The maximum atomic E-state index is 13.7. The second-order valence-corrected chi connectivity index (χ2v) is 8.58. The minimum Gasteiger partial charge on any atom is -0.295 e. The number of nitrogens with zero attached hydrogens (tertiary/aromatic N) is 5. The van der Waals surface area contributed by atoms with Gasteiger partial charge in [-0.1, -0.05) is 49.1 Å². The Balaban J connectivity index is 1.74. The molecule has 1 aliphatic carbocycles. The van der Waals surface area contributed by atoms with Gasteiger partial charge in [-0.3, -0.25) is 13.9 Å². The highest BCUT2D eigenvalue weighted by Gasteiger charge is 2.24. The van der Waals surface area contributed by atoms with Crippen LogP contribution in [-0.2, 0) is 0 Å². The third-order valence-electron chi connectivity index (χ3n) is 6.22. The zero-order chi connectivity index (χ0) is 20.9. The van der Waals surface area contributed by atoms with Gasteiger partial charge in [0.1, 0.15) is 17.2 Å². The van der Waals surface area contributed by atoms with Crippen LogP contribution >= 0.6 is 11.6 Å². The van der Waals surface area contributed by atoms with E-state index in [2.05, 4.69) is 0 Å². The van der Waals surface area contributed by atoms with Gasteiger partial charge in [0.25, 0.3) is 5.56 Å². The number of rotatable bonds is 2. The van der Waals surface area contributed by atoms with Crippen LogP contribution in [0.2, 0.25) is 5.02 Å². The normalized spacial score (nSPS) is 15.3. The second-order valence-electron chi connectivity index (χ2n) is 8.15. The molecule has 7 heteroatoms. The largest absolute Gasteiger partial charge is 0.295 e. The topological polar surface area (TPSA) is 65.6 Å². The molecule has 0 spiro atoms. The Labute approximate surface area is 183 Å². The third-order valence-corrected chi connectivity index (χ3v) is 6.46. The number of halogens is 1. The van der Waals surface area contributed by atoms with Crippen molar-refractivity contribution in [3.05, 3.63) is 70.2 Å². The monoisotopic (exact) mass is 429 g/mol. The molecule has 0 radical (unpaired) electrons. The zero-order valence-corrected chi connectivity index (χ0v) is 17.6. The fourth-order valence-electron chi connectivity index (χ4n) is 4.73. The van der Waals surface area contributed by atoms with Crippen molar-refractivity contribution in [3.8, 4) is 5.69 Å². The SMILES string of the molecule is O=c1c2c3nc4ccccc4nc3n(-c3cccc(Cl)c3)c2ncn1C1CCCCC1. The summed E-state index contributed by atoms with van der Waals surface area (Å²) < 4.78 is 3.70. The van der Waals surface area contributed by atoms with Crippen LogP contribution in [0.25, 0.3) is 38.9 Å². The van der Waals surface area contributed by atoms with Crippen molar-refractivity contribution in [1.82, 2.24) is 24.1 Å². The van der Waals surface area contributed by atoms with Crippen molar-refractivity contribution < 1.29 is 0 Å². The van der Waals surface area contributed by atoms with Crippen LogP contribution in [0.3, 0.4) is 0 Å². The molecule has 0 atom stereocenters. The summed E-state index contributed by atoms with van der Waals surface area (Å²) >= 11 is 6.28. The van der Waals surface area contributed by atoms with Gasteiger partial charge in [-0.05, 0) is 43.2 Å². The number of para-hydroxylation sites is 2. The van der Waals surface area contributed by atoms with Gasteiger partial charge < -0.3 is 0 Å². The highest BCUT2D eigenvalue weighted by atomic mass is 35.5. The summed E-state index contributed by atoms with van der Waals surface area (Å²) in [5.74, 6) is 0. The quantitative estimate of drug-likeness (QED) is 0.374. The Morgan fingerprint density at radius 2 is 1.68 bits per heavy atom. The van der Waals surface area contributed by atoms with Crippen molar-refractivity contribution in [3.63, 3.8) is 0 Å². The van der Waals surface area contributed by atoms with Crippen LogP contribution in [0.5, 0.6) is 0 Å². The molecule has 154 valence electrons. The van der Waals surface area contributed by atoms with Crippen LogP contribution < -0.4 is 5.56 Å². The molecule has 1 aliphatic rings. The molecule has 1 fully saturated rings. The van der Waals surface area contributed by atoms with E-state index in [1.807, 2.05) is 53.1 Å². The third kappa shape index (κ3) is 2.93. The predicted octanol–water partition coefficient (Wildman–Crippen LogP) is 5.44. The summed E-state index contributed by atoms with van der Waals surface area (Å²) in [5.41, 5.74) is 4.04. The van der Waals surface area contributed by atoms with E-state index in [9.17, 15) is 4.79 Å². The van der Waals surface area contributed by atoms with Gasteiger partial charge in [0.05, 0.1) is 16.7 Å². The van der Waals surface area contributed by atoms with E-state index in [1.165, 1.54) is 6.42 Å². The van der Waals surface area contributed by atoms with E-state index in [1.54, 1.807) is 10.9 Å². The predicted molar refractivity (Wildman–Crippen MR) is 123 cm³/mol. The molecule has 0 amide bonds. The highest BCUT2D eigenvalue weighted by Crippen LogP contribution is 2.31. The first-order chi connectivity index (χ1) is 15.2. The van der Waals surface area contributed by atoms with Crippen LogP contribution in [0.4, 0.5) is 0 Å². The number of aromatic nitrogens is 5. The molecule has 5 aromatic rings. The smallest absolute Gasteiger partial charge is 0.265 e. The van der Waals surface area contributed by atoms with Crippen molar-refractivity contribution in [1.29, 1.82) is 0 Å². The zero-order valence-electron chi connectivity index (χ0n) is 16.8. The van der Waals surface area contributed by atoms with Crippen molar-refractivity contribution in [2.75, 3.05) is 0 Å². The van der Waals surface area contributed by atoms with Gasteiger partial charge in [-0.25, -0.2) is 15.0 Å². The van der Waals surface area contributed by atoms with E-state index in [4.69, 9.17) is 26.6 Å². The highest BCUT2D eigenvalue weighted by molar-refractivity contribution is 6.30. The number of hydrogen-bond acceptors (Lipinski definition) is 4. The first-order valence-electron chi connectivity index (χ1n) is 10.6. The second kappa shape index (κ2) is 7.17. The first-order valence-corrected chi connectivity index (χ1v) is 11.0. The molecule has 6 nitrogen and oxygen atoms in total. The summed E-state index contributed by atoms with van der Waals surface area (Å²) in [6.45, 7) is 0. The first kappa shape index (κ1) is 18.5. The molecule has 2 aromatic carbocycles. The minimum atomic E-state index is -0.0488. The Bertz CT molecular complexity index is 1510. The van der Waals surface area contributed by atoms with Gasteiger partial charge in [-0.15, -0.1) is 0 Å². The lowest BCUT2D eigenvalue weighted by Crippen LogP contribution is -2.26. The fourth-order valence-corrected chi connectivity index (χ4v) is 4.91. The summed E-state index contributed by atoms with van der Waals surface area (Å²) in [7, 11) is 0. The van der Waals surface area contributed by atoms with Crippen LogP contribution in [0, 0.1) is 0 Å². The Kier molecular flexibility index (Phi) is 4.28. The van der Waals surface area contributed by atoms with Gasteiger partial charge in [0.15, 0.2) is 11.3 Å². The molecule has 0 N–H and O–H groups in total. The lowest BCUT2D eigenvalue weighted by atomic mass is 9.95. The molecule has 3 heterocycles. The van der Waals surface area contributed by atoms with Crippen molar-refractivity contribution in [2.24, 2.45) is 0 Å².